The molecule has 33 heavy (non-hydrogen) atoms. The second kappa shape index (κ2) is 11.9. The lowest BCUT2D eigenvalue weighted by Crippen LogP contribution is -2.55. The van der Waals surface area contributed by atoms with Crippen LogP contribution in [0.5, 0.6) is 0 Å². The van der Waals surface area contributed by atoms with Crippen LogP contribution in [-0.4, -0.2) is 52.3 Å². The maximum Gasteiger partial charge on any atom is 0.324 e. The fourth-order valence-corrected chi connectivity index (χ4v) is 5.95. The minimum absolute atomic E-state index is 0. The van der Waals surface area contributed by atoms with Crippen molar-refractivity contribution >= 4 is 54.2 Å². The maximum absolute atomic E-state index is 13.1. The minimum atomic E-state index is -1.10. The van der Waals surface area contributed by atoms with Gasteiger partial charge >= 0.3 is 11.9 Å². The van der Waals surface area contributed by atoms with Crippen LogP contribution in [0.3, 0.4) is 0 Å². The number of esters is 1. The van der Waals surface area contributed by atoms with Crippen molar-refractivity contribution in [3.05, 3.63) is 66.2 Å². The standard InChI is InChI=1S/C23H27N3O4S.2ClH/c24-18(21(27)28)20-25-19(22(29)30-15-16-7-3-1-4-8-16)23(31-20)11-13-26(14-12-23)17-9-5-2-6-10-17;;/h1-10,18-20,25H,11-15,24H2,(H,27,28);2*1H. The molecule has 3 unspecified atom stereocenters. The van der Waals surface area contributed by atoms with Crippen molar-refractivity contribution < 1.29 is 19.4 Å². The van der Waals surface area contributed by atoms with E-state index in [1.807, 2.05) is 48.5 Å². The number of hydrogen-bond acceptors (Lipinski definition) is 7. The van der Waals surface area contributed by atoms with Gasteiger partial charge in [-0.05, 0) is 30.5 Å². The number of rotatable bonds is 6. The number of ether oxygens (including phenoxy) is 1. The Hall–Kier alpha value is -1.97. The van der Waals surface area contributed by atoms with Gasteiger partial charge in [0.05, 0.1) is 5.37 Å². The van der Waals surface area contributed by atoms with Crippen molar-refractivity contribution in [3.8, 4) is 0 Å². The van der Waals surface area contributed by atoms with Gasteiger partial charge < -0.3 is 20.5 Å². The number of carboxylic acid groups (broad SMARTS) is 1. The Morgan fingerprint density at radius 3 is 2.24 bits per heavy atom. The number of para-hydroxylation sites is 1. The molecule has 0 radical (unpaired) electrons. The molecule has 3 atom stereocenters. The summed E-state index contributed by atoms with van der Waals surface area (Å²) < 4.78 is 5.18. The van der Waals surface area contributed by atoms with Gasteiger partial charge in [-0.2, -0.15) is 0 Å². The average Bonchev–Trinajstić information content (AvgIpc) is 3.17. The van der Waals surface area contributed by atoms with E-state index in [0.29, 0.717) is 0 Å². The Labute approximate surface area is 210 Å². The highest BCUT2D eigenvalue weighted by molar-refractivity contribution is 8.01. The fourth-order valence-electron chi connectivity index (χ4n) is 4.26. The van der Waals surface area contributed by atoms with E-state index in [1.165, 1.54) is 11.8 Å². The maximum atomic E-state index is 13.1. The zero-order chi connectivity index (χ0) is 21.8. The Morgan fingerprint density at radius 1 is 1.09 bits per heavy atom. The molecule has 7 nitrogen and oxygen atoms in total. The molecule has 0 bridgehead atoms. The highest BCUT2D eigenvalue weighted by atomic mass is 35.5. The summed E-state index contributed by atoms with van der Waals surface area (Å²) in [7, 11) is 0. The van der Waals surface area contributed by atoms with Crippen LogP contribution in [0.25, 0.3) is 0 Å². The molecule has 0 saturated carbocycles. The monoisotopic (exact) mass is 513 g/mol. The number of halogens is 2. The Kier molecular flexibility index (Phi) is 9.87. The van der Waals surface area contributed by atoms with E-state index in [-0.39, 0.29) is 37.4 Å². The first-order valence-corrected chi connectivity index (χ1v) is 11.3. The molecule has 2 aliphatic heterocycles. The third-order valence-corrected chi connectivity index (χ3v) is 7.82. The SMILES string of the molecule is Cl.Cl.NC(C(=O)O)C1NC(C(=O)OCc2ccccc2)C2(CCN(c3ccccc3)CC2)S1. The van der Waals surface area contributed by atoms with E-state index < -0.39 is 28.2 Å². The smallest absolute Gasteiger partial charge is 0.324 e. The van der Waals surface area contributed by atoms with Gasteiger partial charge in [0.25, 0.3) is 0 Å². The summed E-state index contributed by atoms with van der Waals surface area (Å²) in [6.07, 6.45) is 1.46. The molecule has 180 valence electrons. The number of nitrogens with two attached hydrogens (primary N) is 1. The third-order valence-electron chi connectivity index (χ3n) is 6.02. The van der Waals surface area contributed by atoms with Crippen LogP contribution in [0, 0.1) is 0 Å². The molecule has 2 aliphatic rings. The number of hydrogen-bond donors (Lipinski definition) is 3. The zero-order valence-corrected chi connectivity index (χ0v) is 20.4. The van der Waals surface area contributed by atoms with E-state index in [0.717, 1.165) is 37.2 Å². The summed E-state index contributed by atoms with van der Waals surface area (Å²) in [5.74, 6) is -1.44. The minimum Gasteiger partial charge on any atom is -0.480 e. The van der Waals surface area contributed by atoms with Crippen molar-refractivity contribution in [2.75, 3.05) is 18.0 Å². The molecule has 2 aromatic carbocycles. The van der Waals surface area contributed by atoms with Gasteiger partial charge in [-0.25, -0.2) is 0 Å². The van der Waals surface area contributed by atoms with E-state index in [4.69, 9.17) is 10.5 Å². The molecule has 0 aromatic heterocycles. The summed E-state index contributed by atoms with van der Waals surface area (Å²) >= 11 is 1.48. The molecule has 0 amide bonds. The molecular formula is C23H29Cl2N3O4S. The molecule has 2 heterocycles. The Morgan fingerprint density at radius 2 is 1.67 bits per heavy atom. The van der Waals surface area contributed by atoms with Crippen LogP contribution >= 0.6 is 36.6 Å². The summed E-state index contributed by atoms with van der Waals surface area (Å²) in [4.78, 5) is 26.9. The van der Waals surface area contributed by atoms with Gasteiger partial charge in [-0.15, -0.1) is 36.6 Å². The van der Waals surface area contributed by atoms with E-state index in [1.54, 1.807) is 0 Å². The number of piperidine rings is 1. The van der Waals surface area contributed by atoms with Crippen molar-refractivity contribution in [2.24, 2.45) is 5.73 Å². The van der Waals surface area contributed by atoms with Crippen LogP contribution < -0.4 is 16.0 Å². The second-order valence-corrected chi connectivity index (χ2v) is 9.54. The Balaban J connectivity index is 0.00000193. The van der Waals surface area contributed by atoms with Gasteiger partial charge in [0.15, 0.2) is 0 Å². The first kappa shape index (κ1) is 27.3. The lowest BCUT2D eigenvalue weighted by molar-refractivity contribution is -0.149. The third kappa shape index (κ3) is 6.13. The van der Waals surface area contributed by atoms with E-state index in [2.05, 4.69) is 22.3 Å². The number of carbonyl (C=O) groups excluding carboxylic acids is 1. The van der Waals surface area contributed by atoms with Crippen LogP contribution in [0.4, 0.5) is 5.69 Å². The highest BCUT2D eigenvalue weighted by Crippen LogP contribution is 2.47. The quantitative estimate of drug-likeness (QED) is 0.506. The number of benzene rings is 2. The van der Waals surface area contributed by atoms with Gasteiger partial charge in [-0.3, -0.25) is 14.9 Å². The number of thioether (sulfide) groups is 1. The van der Waals surface area contributed by atoms with Crippen molar-refractivity contribution in [3.63, 3.8) is 0 Å². The number of carbonyl (C=O) groups is 2. The van der Waals surface area contributed by atoms with Crippen molar-refractivity contribution in [1.82, 2.24) is 5.32 Å². The summed E-state index contributed by atoms with van der Waals surface area (Å²) in [5, 5.41) is 12.0. The van der Waals surface area contributed by atoms with Gasteiger partial charge in [0.1, 0.15) is 18.7 Å². The molecule has 2 fully saturated rings. The largest absolute Gasteiger partial charge is 0.480 e. The number of carboxylic acids is 1. The lowest BCUT2D eigenvalue weighted by Gasteiger charge is -2.42. The van der Waals surface area contributed by atoms with Crippen LogP contribution in [0.1, 0.15) is 18.4 Å². The predicted molar refractivity (Wildman–Crippen MR) is 135 cm³/mol. The zero-order valence-electron chi connectivity index (χ0n) is 18.0. The first-order valence-electron chi connectivity index (χ1n) is 10.4. The first-order chi connectivity index (χ1) is 15.0. The predicted octanol–water partition coefficient (Wildman–Crippen LogP) is 3.06. The molecule has 4 rings (SSSR count). The Bertz CT molecular complexity index is 914. The second-order valence-electron chi connectivity index (χ2n) is 7.98. The van der Waals surface area contributed by atoms with E-state index in [9.17, 15) is 14.7 Å². The molecule has 2 saturated heterocycles. The van der Waals surface area contributed by atoms with Crippen LogP contribution in [-0.2, 0) is 20.9 Å². The average molecular weight is 514 g/mol. The van der Waals surface area contributed by atoms with Gasteiger partial charge in [-0.1, -0.05) is 48.5 Å². The fraction of sp³-hybridized carbons (Fsp3) is 0.391. The lowest BCUT2D eigenvalue weighted by atomic mass is 9.87. The number of nitrogens with zero attached hydrogens (tertiary/aromatic N) is 1. The molecular weight excluding hydrogens is 485 g/mol. The van der Waals surface area contributed by atoms with E-state index >= 15 is 0 Å². The molecule has 10 heteroatoms. The van der Waals surface area contributed by atoms with Crippen molar-refractivity contribution in [2.45, 2.75) is 41.7 Å². The molecule has 4 N–H and O–H groups in total. The molecule has 2 aromatic rings. The molecule has 0 aliphatic carbocycles. The number of aliphatic carboxylic acids is 1. The number of nitrogens with one attached hydrogen (secondary N) is 1. The molecule has 1 spiro atoms. The van der Waals surface area contributed by atoms with Crippen molar-refractivity contribution in [1.29, 1.82) is 0 Å². The highest BCUT2D eigenvalue weighted by Gasteiger charge is 2.55. The number of anilines is 1. The van der Waals surface area contributed by atoms with Crippen LogP contribution in [0.2, 0.25) is 0 Å². The van der Waals surface area contributed by atoms with Crippen LogP contribution in [0.15, 0.2) is 60.7 Å². The topological polar surface area (TPSA) is 105 Å². The summed E-state index contributed by atoms with van der Waals surface area (Å²) in [5.41, 5.74) is 7.97. The van der Waals surface area contributed by atoms with Gasteiger partial charge in [0, 0.05) is 23.5 Å². The van der Waals surface area contributed by atoms with Gasteiger partial charge in [0.2, 0.25) is 0 Å². The summed E-state index contributed by atoms with van der Waals surface area (Å²) in [6.45, 7) is 1.73. The summed E-state index contributed by atoms with van der Waals surface area (Å²) in [6, 6.07) is 18.0. The normalized spacial score (nSPS) is 22.0.